The number of aryl methyl sites for hydroxylation is 1. The molecule has 2 heterocycles. The minimum Gasteiger partial charge on any atom is -0.334 e. The summed E-state index contributed by atoms with van der Waals surface area (Å²) in [6.45, 7) is 5.68. The highest BCUT2D eigenvalue weighted by Crippen LogP contribution is 2.20. The molecule has 0 atom stereocenters. The molecule has 0 saturated heterocycles. The van der Waals surface area contributed by atoms with Crippen LogP contribution < -0.4 is 4.72 Å². The third-order valence-electron chi connectivity index (χ3n) is 2.73. The Kier molecular flexibility index (Phi) is 4.14. The fourth-order valence-corrected chi connectivity index (χ4v) is 3.03. The van der Waals surface area contributed by atoms with Crippen molar-refractivity contribution in [2.45, 2.75) is 31.8 Å². The van der Waals surface area contributed by atoms with Gasteiger partial charge in [0, 0.05) is 22.9 Å². The highest BCUT2D eigenvalue weighted by atomic mass is 79.9. The molecule has 0 aliphatic rings. The zero-order chi connectivity index (χ0) is 14.9. The van der Waals surface area contributed by atoms with Crippen LogP contribution in [0.1, 0.15) is 25.5 Å². The second kappa shape index (κ2) is 5.53. The van der Waals surface area contributed by atoms with Gasteiger partial charge in [-0.25, -0.2) is 9.97 Å². The Bertz CT molecular complexity index is 725. The fraction of sp³-hybridized carbons (Fsp3) is 0.333. The lowest BCUT2D eigenvalue weighted by molar-refractivity contribution is 0.591. The van der Waals surface area contributed by atoms with Gasteiger partial charge in [0.05, 0.1) is 6.33 Å². The highest BCUT2D eigenvalue weighted by molar-refractivity contribution is 9.10. The van der Waals surface area contributed by atoms with Crippen LogP contribution in [0.25, 0.3) is 0 Å². The first kappa shape index (κ1) is 15.0. The maximum atomic E-state index is 12.2. The molecule has 0 radical (unpaired) electrons. The number of hydrogen-bond acceptors (Lipinski definition) is 4. The lowest BCUT2D eigenvalue weighted by Crippen LogP contribution is -2.15. The summed E-state index contributed by atoms with van der Waals surface area (Å²) in [6.07, 6.45) is 4.54. The Balaban J connectivity index is 2.30. The molecule has 2 aromatic heterocycles. The first-order valence-corrected chi connectivity index (χ1v) is 8.25. The second-order valence-electron chi connectivity index (χ2n) is 4.68. The number of rotatable bonds is 4. The summed E-state index contributed by atoms with van der Waals surface area (Å²) < 4.78 is 29.4. The number of nitrogens with zero attached hydrogens (tertiary/aromatic N) is 3. The molecule has 0 aliphatic heterocycles. The van der Waals surface area contributed by atoms with E-state index in [2.05, 4.69) is 30.6 Å². The lowest BCUT2D eigenvalue weighted by Gasteiger charge is -2.08. The summed E-state index contributed by atoms with van der Waals surface area (Å²) in [6, 6.07) is 1.94. The molecule has 0 aromatic carbocycles. The molecular formula is C12H15BrN4O2S. The quantitative estimate of drug-likeness (QED) is 0.911. The van der Waals surface area contributed by atoms with Gasteiger partial charge >= 0.3 is 0 Å². The van der Waals surface area contributed by atoms with Crippen molar-refractivity contribution < 1.29 is 8.42 Å². The van der Waals surface area contributed by atoms with E-state index in [1.54, 1.807) is 17.6 Å². The molecule has 2 aromatic rings. The lowest BCUT2D eigenvalue weighted by atomic mass is 10.3. The number of pyridine rings is 1. The van der Waals surface area contributed by atoms with Crippen LogP contribution in [0.5, 0.6) is 0 Å². The monoisotopic (exact) mass is 358 g/mol. The van der Waals surface area contributed by atoms with Gasteiger partial charge in [-0.3, -0.25) is 4.72 Å². The average Bonchev–Trinajstić information content (AvgIpc) is 2.83. The number of imidazole rings is 1. The minimum absolute atomic E-state index is 0.0182. The van der Waals surface area contributed by atoms with Crippen molar-refractivity contribution in [3.8, 4) is 0 Å². The van der Waals surface area contributed by atoms with Gasteiger partial charge in [0.2, 0.25) is 0 Å². The molecule has 0 amide bonds. The second-order valence-corrected chi connectivity index (χ2v) is 7.22. The van der Waals surface area contributed by atoms with Gasteiger partial charge in [-0.1, -0.05) is 0 Å². The molecule has 0 aliphatic carbocycles. The van der Waals surface area contributed by atoms with Crippen molar-refractivity contribution in [1.82, 2.24) is 14.5 Å². The molecular weight excluding hydrogens is 344 g/mol. The van der Waals surface area contributed by atoms with Crippen LogP contribution in [0.4, 0.5) is 5.82 Å². The first-order valence-electron chi connectivity index (χ1n) is 5.98. The molecule has 2 rings (SSSR count). The topological polar surface area (TPSA) is 76.9 Å². The van der Waals surface area contributed by atoms with Crippen molar-refractivity contribution >= 4 is 31.8 Å². The molecule has 0 saturated carbocycles. The van der Waals surface area contributed by atoms with Gasteiger partial charge < -0.3 is 4.57 Å². The van der Waals surface area contributed by atoms with E-state index in [0.717, 1.165) is 10.0 Å². The smallest absolute Gasteiger partial charge is 0.282 e. The van der Waals surface area contributed by atoms with Crippen molar-refractivity contribution in [3.05, 3.63) is 34.8 Å². The molecule has 6 nitrogen and oxygen atoms in total. The fourth-order valence-electron chi connectivity index (χ4n) is 1.57. The molecule has 8 heteroatoms. The Morgan fingerprint density at radius 1 is 1.35 bits per heavy atom. The molecule has 20 heavy (non-hydrogen) atoms. The van der Waals surface area contributed by atoms with E-state index >= 15 is 0 Å². The maximum absolute atomic E-state index is 12.2. The van der Waals surface area contributed by atoms with Crippen LogP contribution in [0.15, 0.2) is 34.3 Å². The largest absolute Gasteiger partial charge is 0.334 e. The third-order valence-corrected chi connectivity index (χ3v) is 4.38. The van der Waals surface area contributed by atoms with Crippen molar-refractivity contribution in [2.75, 3.05) is 4.72 Å². The maximum Gasteiger partial charge on any atom is 0.282 e. The predicted molar refractivity (Wildman–Crippen MR) is 80.1 cm³/mol. The van der Waals surface area contributed by atoms with Crippen molar-refractivity contribution in [1.29, 1.82) is 0 Å². The summed E-state index contributed by atoms with van der Waals surface area (Å²) in [5, 5.41) is -0.0182. The predicted octanol–water partition coefficient (Wildman–Crippen LogP) is 2.73. The van der Waals surface area contributed by atoms with Crippen LogP contribution in [0.2, 0.25) is 0 Å². The standard InChI is InChI=1S/C12H15BrN4O2S/c1-8(2)17-6-11(15-7-17)20(18,19)16-12-9(3)4-10(13)5-14-12/h4-8H,1-3H3,(H,14,16). The number of halogens is 1. The Morgan fingerprint density at radius 2 is 2.05 bits per heavy atom. The highest BCUT2D eigenvalue weighted by Gasteiger charge is 2.19. The summed E-state index contributed by atoms with van der Waals surface area (Å²) >= 11 is 3.28. The number of anilines is 1. The van der Waals surface area contributed by atoms with E-state index in [0.29, 0.717) is 5.82 Å². The zero-order valence-corrected chi connectivity index (χ0v) is 13.7. The number of nitrogens with one attached hydrogen (secondary N) is 1. The minimum atomic E-state index is -3.72. The van der Waals surface area contributed by atoms with E-state index in [1.807, 2.05) is 13.8 Å². The van der Waals surface area contributed by atoms with E-state index < -0.39 is 10.0 Å². The molecule has 0 unspecified atom stereocenters. The van der Waals surface area contributed by atoms with Gasteiger partial charge in [0.25, 0.3) is 10.0 Å². The zero-order valence-electron chi connectivity index (χ0n) is 11.3. The van der Waals surface area contributed by atoms with Gasteiger partial charge in [0.15, 0.2) is 5.03 Å². The summed E-state index contributed by atoms with van der Waals surface area (Å²) in [4.78, 5) is 7.99. The van der Waals surface area contributed by atoms with Gasteiger partial charge in [-0.15, -0.1) is 0 Å². The molecule has 0 bridgehead atoms. The van der Waals surface area contributed by atoms with Crippen LogP contribution in [-0.2, 0) is 10.0 Å². The number of sulfonamides is 1. The summed E-state index contributed by atoms with van der Waals surface area (Å²) in [5.41, 5.74) is 0.728. The van der Waals surface area contributed by atoms with Gasteiger partial charge in [-0.2, -0.15) is 8.42 Å². The molecule has 0 fully saturated rings. The summed E-state index contributed by atoms with van der Waals surface area (Å²) in [7, 11) is -3.72. The molecule has 1 N–H and O–H groups in total. The van der Waals surface area contributed by atoms with Gasteiger partial charge in [-0.05, 0) is 48.3 Å². The Hall–Kier alpha value is -1.41. The van der Waals surface area contributed by atoms with E-state index in [1.165, 1.54) is 18.7 Å². The summed E-state index contributed by atoms with van der Waals surface area (Å²) in [5.74, 6) is 0.298. The molecule has 0 spiro atoms. The third kappa shape index (κ3) is 3.18. The van der Waals surface area contributed by atoms with Crippen LogP contribution in [-0.4, -0.2) is 23.0 Å². The Morgan fingerprint density at radius 3 is 2.60 bits per heavy atom. The van der Waals surface area contributed by atoms with Crippen LogP contribution >= 0.6 is 15.9 Å². The molecule has 108 valence electrons. The van der Waals surface area contributed by atoms with Crippen LogP contribution in [0.3, 0.4) is 0 Å². The SMILES string of the molecule is Cc1cc(Br)cnc1NS(=O)(=O)c1cn(C(C)C)cn1. The van der Waals surface area contributed by atoms with Crippen LogP contribution in [0, 0.1) is 6.92 Å². The Labute approximate surface area is 126 Å². The van der Waals surface area contributed by atoms with Gasteiger partial charge in [0.1, 0.15) is 5.82 Å². The number of aromatic nitrogens is 3. The van der Waals surface area contributed by atoms with E-state index in [4.69, 9.17) is 0 Å². The van der Waals surface area contributed by atoms with E-state index in [9.17, 15) is 8.42 Å². The first-order chi connectivity index (χ1) is 9.29. The van der Waals surface area contributed by atoms with E-state index in [-0.39, 0.29) is 11.1 Å². The van der Waals surface area contributed by atoms with Crippen molar-refractivity contribution in [3.63, 3.8) is 0 Å². The van der Waals surface area contributed by atoms with Crippen molar-refractivity contribution in [2.24, 2.45) is 0 Å². The number of hydrogen-bond donors (Lipinski definition) is 1. The average molecular weight is 359 g/mol. The normalized spacial score (nSPS) is 11.8.